The largest absolute Gasteiger partial charge is 0.380 e. The first kappa shape index (κ1) is 12.9. The summed E-state index contributed by atoms with van der Waals surface area (Å²) in [6, 6.07) is 0. The van der Waals surface area contributed by atoms with Gasteiger partial charge in [0, 0.05) is 19.7 Å². The lowest BCUT2D eigenvalue weighted by atomic mass is 10.1. The fourth-order valence-corrected chi connectivity index (χ4v) is 2.94. The summed E-state index contributed by atoms with van der Waals surface area (Å²) in [7, 11) is -2.89. The van der Waals surface area contributed by atoms with E-state index in [9.17, 15) is 8.42 Å². The average Bonchev–Trinajstić information content (AvgIpc) is 2.12. The molecule has 0 amide bonds. The van der Waals surface area contributed by atoms with Crippen molar-refractivity contribution in [3.63, 3.8) is 0 Å². The molecule has 0 unspecified atom stereocenters. The first-order valence-electron chi connectivity index (χ1n) is 5.63. The van der Waals surface area contributed by atoms with Crippen molar-refractivity contribution in [2.45, 2.75) is 19.8 Å². The lowest BCUT2D eigenvalue weighted by molar-refractivity contribution is 0.145. The summed E-state index contributed by atoms with van der Waals surface area (Å²) in [6.07, 6.45) is 2.09. The number of rotatable bonds is 8. The van der Waals surface area contributed by atoms with Gasteiger partial charge in [0.2, 0.25) is 0 Å². The van der Waals surface area contributed by atoms with Crippen molar-refractivity contribution in [3.05, 3.63) is 0 Å². The van der Waals surface area contributed by atoms with Crippen LogP contribution in [-0.4, -0.2) is 46.2 Å². The van der Waals surface area contributed by atoms with Crippen molar-refractivity contribution >= 4 is 9.84 Å². The molecule has 1 aliphatic heterocycles. The standard InChI is InChI=1S/C10H21NO3S/c1-2-3-4-14-5-6-15(12,13)9-10-7-11-8-10/h10-11H,2-9H2,1H3. The normalized spacial score (nSPS) is 17.7. The SMILES string of the molecule is CCCCOCCS(=O)(=O)CC1CNC1. The van der Waals surface area contributed by atoms with Crippen LogP contribution in [0.5, 0.6) is 0 Å². The van der Waals surface area contributed by atoms with Crippen LogP contribution in [0.15, 0.2) is 0 Å². The molecule has 4 nitrogen and oxygen atoms in total. The molecule has 0 spiro atoms. The van der Waals surface area contributed by atoms with E-state index in [-0.39, 0.29) is 5.75 Å². The highest BCUT2D eigenvalue weighted by Crippen LogP contribution is 2.07. The maximum atomic E-state index is 11.6. The van der Waals surface area contributed by atoms with E-state index in [1.54, 1.807) is 0 Å². The van der Waals surface area contributed by atoms with E-state index in [0.717, 1.165) is 25.9 Å². The predicted molar refractivity (Wildman–Crippen MR) is 60.7 cm³/mol. The molecule has 90 valence electrons. The van der Waals surface area contributed by atoms with Crippen LogP contribution in [0.2, 0.25) is 0 Å². The first-order chi connectivity index (χ1) is 7.14. The topological polar surface area (TPSA) is 55.4 Å². The number of ether oxygens (including phenoxy) is 1. The Bertz CT molecular complexity index is 260. The van der Waals surface area contributed by atoms with Crippen LogP contribution in [0.3, 0.4) is 0 Å². The molecule has 0 saturated carbocycles. The van der Waals surface area contributed by atoms with Gasteiger partial charge in [-0.05, 0) is 12.3 Å². The summed E-state index contributed by atoms with van der Waals surface area (Å²) in [5, 5.41) is 3.07. The molecule has 1 saturated heterocycles. The molecule has 1 heterocycles. The Hall–Kier alpha value is -0.130. The van der Waals surface area contributed by atoms with Crippen LogP contribution in [0.1, 0.15) is 19.8 Å². The summed E-state index contributed by atoms with van der Waals surface area (Å²) >= 11 is 0. The van der Waals surface area contributed by atoms with Gasteiger partial charge in [0.25, 0.3) is 0 Å². The van der Waals surface area contributed by atoms with Crippen LogP contribution < -0.4 is 5.32 Å². The van der Waals surface area contributed by atoms with E-state index in [2.05, 4.69) is 12.2 Å². The lowest BCUT2D eigenvalue weighted by Crippen LogP contribution is -2.46. The van der Waals surface area contributed by atoms with Gasteiger partial charge in [-0.15, -0.1) is 0 Å². The van der Waals surface area contributed by atoms with Crippen LogP contribution in [0.25, 0.3) is 0 Å². The summed E-state index contributed by atoms with van der Waals surface area (Å²) in [6.45, 7) is 4.80. The van der Waals surface area contributed by atoms with E-state index in [4.69, 9.17) is 4.74 Å². The van der Waals surface area contributed by atoms with E-state index in [0.29, 0.717) is 24.9 Å². The third-order valence-electron chi connectivity index (χ3n) is 2.54. The van der Waals surface area contributed by atoms with Gasteiger partial charge in [-0.1, -0.05) is 13.3 Å². The van der Waals surface area contributed by atoms with Crippen LogP contribution in [-0.2, 0) is 14.6 Å². The molecule has 0 radical (unpaired) electrons. The van der Waals surface area contributed by atoms with Crippen molar-refractivity contribution in [3.8, 4) is 0 Å². The zero-order valence-electron chi connectivity index (χ0n) is 9.37. The molecule has 0 aromatic rings. The van der Waals surface area contributed by atoms with Gasteiger partial charge < -0.3 is 10.1 Å². The van der Waals surface area contributed by atoms with E-state index >= 15 is 0 Å². The first-order valence-corrected chi connectivity index (χ1v) is 7.45. The zero-order valence-corrected chi connectivity index (χ0v) is 10.2. The highest BCUT2D eigenvalue weighted by atomic mass is 32.2. The molecule has 1 N–H and O–H groups in total. The number of nitrogens with one attached hydrogen (secondary N) is 1. The van der Waals surface area contributed by atoms with Gasteiger partial charge in [-0.3, -0.25) is 0 Å². The van der Waals surface area contributed by atoms with E-state index in [1.165, 1.54) is 0 Å². The summed E-state index contributed by atoms with van der Waals surface area (Å²) in [5.74, 6) is 0.815. The second kappa shape index (κ2) is 6.45. The van der Waals surface area contributed by atoms with Crippen LogP contribution in [0.4, 0.5) is 0 Å². The minimum Gasteiger partial charge on any atom is -0.380 e. The molecule has 15 heavy (non-hydrogen) atoms. The minimum atomic E-state index is -2.89. The van der Waals surface area contributed by atoms with Crippen molar-refractivity contribution in [1.82, 2.24) is 5.32 Å². The minimum absolute atomic E-state index is 0.174. The van der Waals surface area contributed by atoms with Gasteiger partial charge in [-0.25, -0.2) is 8.42 Å². The molecule has 0 aromatic carbocycles. The monoisotopic (exact) mass is 235 g/mol. The smallest absolute Gasteiger partial charge is 0.152 e. The number of hydrogen-bond donors (Lipinski definition) is 1. The summed E-state index contributed by atoms with van der Waals surface area (Å²) < 4.78 is 28.4. The molecule has 5 heteroatoms. The highest BCUT2D eigenvalue weighted by molar-refractivity contribution is 7.91. The molecule has 0 aliphatic carbocycles. The third-order valence-corrected chi connectivity index (χ3v) is 4.30. The van der Waals surface area contributed by atoms with Gasteiger partial charge in [-0.2, -0.15) is 0 Å². The predicted octanol–water partition coefficient (Wildman–Crippen LogP) is 0.437. The molecule has 1 rings (SSSR count). The van der Waals surface area contributed by atoms with Crippen LogP contribution in [0, 0.1) is 5.92 Å². The Morgan fingerprint density at radius 3 is 2.60 bits per heavy atom. The molecule has 0 bridgehead atoms. The molecule has 1 fully saturated rings. The zero-order chi connectivity index (χ0) is 11.1. The Kier molecular flexibility index (Phi) is 5.56. The van der Waals surface area contributed by atoms with Crippen molar-refractivity contribution in [1.29, 1.82) is 0 Å². The average molecular weight is 235 g/mol. The fourth-order valence-electron chi connectivity index (χ4n) is 1.44. The molecule has 0 aromatic heterocycles. The third kappa shape index (κ3) is 5.49. The number of hydrogen-bond acceptors (Lipinski definition) is 4. The molecular weight excluding hydrogens is 214 g/mol. The van der Waals surface area contributed by atoms with E-state index < -0.39 is 9.84 Å². The Labute approximate surface area is 92.3 Å². The van der Waals surface area contributed by atoms with Gasteiger partial charge in [0.15, 0.2) is 9.84 Å². The number of unbranched alkanes of at least 4 members (excludes halogenated alkanes) is 1. The quantitative estimate of drug-likeness (QED) is 0.620. The van der Waals surface area contributed by atoms with Crippen LogP contribution >= 0.6 is 0 Å². The summed E-state index contributed by atoms with van der Waals surface area (Å²) in [4.78, 5) is 0. The van der Waals surface area contributed by atoms with Gasteiger partial charge in [0.05, 0.1) is 18.1 Å². The second-order valence-corrected chi connectivity index (χ2v) is 6.33. The molecular formula is C10H21NO3S. The Morgan fingerprint density at radius 2 is 2.07 bits per heavy atom. The number of sulfone groups is 1. The van der Waals surface area contributed by atoms with Gasteiger partial charge >= 0.3 is 0 Å². The second-order valence-electron chi connectivity index (χ2n) is 4.10. The van der Waals surface area contributed by atoms with E-state index in [1.807, 2.05) is 0 Å². The lowest BCUT2D eigenvalue weighted by Gasteiger charge is -2.26. The van der Waals surface area contributed by atoms with Gasteiger partial charge in [0.1, 0.15) is 0 Å². The van der Waals surface area contributed by atoms with Crippen molar-refractivity contribution in [2.75, 3.05) is 37.8 Å². The Balaban J connectivity index is 2.07. The molecule has 1 aliphatic rings. The van der Waals surface area contributed by atoms with Crippen molar-refractivity contribution in [2.24, 2.45) is 5.92 Å². The maximum Gasteiger partial charge on any atom is 0.152 e. The van der Waals surface area contributed by atoms with Crippen molar-refractivity contribution < 1.29 is 13.2 Å². The Morgan fingerprint density at radius 1 is 1.33 bits per heavy atom. The maximum absolute atomic E-state index is 11.6. The highest BCUT2D eigenvalue weighted by Gasteiger charge is 2.23. The summed E-state index contributed by atoms with van der Waals surface area (Å²) in [5.41, 5.74) is 0. The fraction of sp³-hybridized carbons (Fsp3) is 1.00. The molecule has 0 atom stereocenters.